The van der Waals surface area contributed by atoms with E-state index in [0.717, 1.165) is 0 Å². The number of aliphatic imine (C=N–C) groups is 1. The van der Waals surface area contributed by atoms with Crippen LogP contribution in [0.1, 0.15) is 41.5 Å². The van der Waals surface area contributed by atoms with E-state index in [1.165, 1.54) is 12.4 Å². The highest BCUT2D eigenvalue weighted by Gasteiger charge is 2.20. The summed E-state index contributed by atoms with van der Waals surface area (Å²) >= 11 is 0. The average Bonchev–Trinajstić information content (AvgIpc) is 2.00. The van der Waals surface area contributed by atoms with Gasteiger partial charge >= 0.3 is 0 Å². The van der Waals surface area contributed by atoms with E-state index < -0.39 is 6.10 Å². The first-order valence-electron chi connectivity index (χ1n) is 5.16. The fourth-order valence-corrected chi connectivity index (χ4v) is 0.612. The van der Waals surface area contributed by atoms with Crippen molar-refractivity contribution >= 4 is 6.21 Å². The molecular weight excluding hydrogens is 190 g/mol. The van der Waals surface area contributed by atoms with Crippen molar-refractivity contribution in [2.75, 3.05) is 0 Å². The largest absolute Gasteiger partial charge is 0.510 e. The first-order valence-corrected chi connectivity index (χ1v) is 5.16. The molecule has 0 fully saturated rings. The van der Waals surface area contributed by atoms with E-state index in [0.29, 0.717) is 0 Å². The van der Waals surface area contributed by atoms with Crippen LogP contribution in [0.15, 0.2) is 17.0 Å². The summed E-state index contributed by atoms with van der Waals surface area (Å²) in [6, 6.07) is 0. The third-order valence-corrected chi connectivity index (χ3v) is 2.08. The number of aliphatic hydroxyl groups is 2. The van der Waals surface area contributed by atoms with Gasteiger partial charge in [-0.3, -0.25) is 4.99 Å². The molecule has 0 saturated heterocycles. The van der Waals surface area contributed by atoms with Crippen LogP contribution in [-0.2, 0) is 0 Å². The van der Waals surface area contributed by atoms with Crippen LogP contribution in [0, 0.1) is 10.8 Å². The molecule has 0 aromatic carbocycles. The number of aliphatic hydroxyl groups excluding tert-OH is 2. The molecule has 0 heterocycles. The maximum Gasteiger partial charge on any atom is 0.116 e. The second-order valence-electron chi connectivity index (χ2n) is 5.87. The molecule has 1 atom stereocenters. The molecule has 2 N–H and O–H groups in total. The average molecular weight is 213 g/mol. The van der Waals surface area contributed by atoms with Gasteiger partial charge in [0.15, 0.2) is 0 Å². The third kappa shape index (κ3) is 5.57. The van der Waals surface area contributed by atoms with Gasteiger partial charge in [-0.15, -0.1) is 0 Å². The Bertz CT molecular complexity index is 254. The monoisotopic (exact) mass is 213 g/mol. The van der Waals surface area contributed by atoms with Gasteiger partial charge in [-0.2, -0.15) is 0 Å². The molecule has 0 amide bonds. The lowest BCUT2D eigenvalue weighted by Gasteiger charge is -2.21. The number of nitrogens with zero attached hydrogens (tertiary/aromatic N) is 1. The zero-order valence-electron chi connectivity index (χ0n) is 10.6. The number of hydrogen-bond acceptors (Lipinski definition) is 3. The summed E-state index contributed by atoms with van der Waals surface area (Å²) in [5.41, 5.74) is -0.529. The van der Waals surface area contributed by atoms with E-state index in [9.17, 15) is 10.2 Å². The third-order valence-electron chi connectivity index (χ3n) is 2.08. The Morgan fingerprint density at radius 1 is 1.13 bits per heavy atom. The molecule has 3 heteroatoms. The Hall–Kier alpha value is -0.830. The maximum absolute atomic E-state index is 9.64. The van der Waals surface area contributed by atoms with E-state index in [1.807, 2.05) is 41.5 Å². The Labute approximate surface area is 92.5 Å². The van der Waals surface area contributed by atoms with E-state index in [4.69, 9.17) is 0 Å². The van der Waals surface area contributed by atoms with Gasteiger partial charge in [-0.25, -0.2) is 0 Å². The second-order valence-corrected chi connectivity index (χ2v) is 5.87. The van der Waals surface area contributed by atoms with Gasteiger partial charge < -0.3 is 10.2 Å². The van der Waals surface area contributed by atoms with Crippen molar-refractivity contribution in [1.29, 1.82) is 0 Å². The summed E-state index contributed by atoms with van der Waals surface area (Å²) in [6.45, 7) is 11.5. The van der Waals surface area contributed by atoms with Crippen molar-refractivity contribution in [1.82, 2.24) is 0 Å². The molecule has 1 unspecified atom stereocenters. The fourth-order valence-electron chi connectivity index (χ4n) is 0.612. The van der Waals surface area contributed by atoms with Crippen LogP contribution in [0.4, 0.5) is 0 Å². The standard InChI is InChI=1S/C12H23NO2/c1-11(2,3)9(14)7-13-8-10(15)12(4,5)6/h7-9,14-15H,1-6H3/b10-8-,13-7?. The molecule has 0 radical (unpaired) electrons. The van der Waals surface area contributed by atoms with Crippen LogP contribution in [0.3, 0.4) is 0 Å². The van der Waals surface area contributed by atoms with Gasteiger partial charge in [-0.1, -0.05) is 41.5 Å². The smallest absolute Gasteiger partial charge is 0.116 e. The summed E-state index contributed by atoms with van der Waals surface area (Å²) in [4.78, 5) is 3.92. The summed E-state index contributed by atoms with van der Waals surface area (Å²) in [6.07, 6.45) is 2.22. The lowest BCUT2D eigenvalue weighted by Crippen LogP contribution is -2.27. The predicted molar refractivity (Wildman–Crippen MR) is 64.1 cm³/mol. The fraction of sp³-hybridized carbons (Fsp3) is 0.750. The molecule has 0 spiro atoms. The molecule has 0 bridgehead atoms. The van der Waals surface area contributed by atoms with Gasteiger partial charge in [-0.05, 0) is 5.41 Å². The lowest BCUT2D eigenvalue weighted by atomic mass is 9.90. The van der Waals surface area contributed by atoms with Crippen LogP contribution < -0.4 is 0 Å². The summed E-state index contributed by atoms with van der Waals surface area (Å²) in [5.74, 6) is 0.208. The molecule has 88 valence electrons. The maximum atomic E-state index is 9.64. The molecule has 3 nitrogen and oxygen atoms in total. The molecule has 0 aromatic rings. The van der Waals surface area contributed by atoms with Gasteiger partial charge in [0.05, 0.1) is 12.3 Å². The lowest BCUT2D eigenvalue weighted by molar-refractivity contribution is 0.126. The highest BCUT2D eigenvalue weighted by molar-refractivity contribution is 5.64. The minimum atomic E-state index is -0.610. The van der Waals surface area contributed by atoms with Crippen molar-refractivity contribution in [3.8, 4) is 0 Å². The van der Waals surface area contributed by atoms with Crippen LogP contribution in [0.25, 0.3) is 0 Å². The quantitative estimate of drug-likeness (QED) is 0.547. The highest BCUT2D eigenvalue weighted by atomic mass is 16.3. The van der Waals surface area contributed by atoms with E-state index >= 15 is 0 Å². The van der Waals surface area contributed by atoms with Gasteiger partial charge in [0.1, 0.15) is 5.76 Å². The molecule has 0 aromatic heterocycles. The van der Waals surface area contributed by atoms with Gasteiger partial charge in [0.2, 0.25) is 0 Å². The minimum Gasteiger partial charge on any atom is -0.510 e. The van der Waals surface area contributed by atoms with Crippen molar-refractivity contribution in [2.45, 2.75) is 47.6 Å². The minimum absolute atomic E-state index is 0.208. The Kier molecular flexibility index (Phi) is 4.53. The van der Waals surface area contributed by atoms with Gasteiger partial charge in [0, 0.05) is 11.6 Å². The van der Waals surface area contributed by atoms with Crippen LogP contribution in [-0.4, -0.2) is 22.5 Å². The van der Waals surface area contributed by atoms with Crippen LogP contribution in [0.2, 0.25) is 0 Å². The summed E-state index contributed by atoms with van der Waals surface area (Å²) in [7, 11) is 0. The van der Waals surface area contributed by atoms with Crippen molar-refractivity contribution in [2.24, 2.45) is 15.8 Å². The molecule has 0 aliphatic carbocycles. The van der Waals surface area contributed by atoms with Crippen LogP contribution in [0.5, 0.6) is 0 Å². The molecular formula is C12H23NO2. The van der Waals surface area contributed by atoms with E-state index in [1.54, 1.807) is 0 Å². The first kappa shape index (κ1) is 14.2. The van der Waals surface area contributed by atoms with Crippen LogP contribution >= 0.6 is 0 Å². The molecule has 0 rings (SSSR count). The summed E-state index contributed by atoms with van der Waals surface area (Å²) < 4.78 is 0. The highest BCUT2D eigenvalue weighted by Crippen LogP contribution is 2.22. The zero-order valence-corrected chi connectivity index (χ0v) is 10.6. The number of rotatable bonds is 2. The van der Waals surface area contributed by atoms with Crippen molar-refractivity contribution < 1.29 is 10.2 Å². The topological polar surface area (TPSA) is 52.8 Å². The molecule has 15 heavy (non-hydrogen) atoms. The zero-order chi connectivity index (χ0) is 12.3. The Balaban J connectivity index is 4.46. The van der Waals surface area contributed by atoms with Gasteiger partial charge in [0.25, 0.3) is 0 Å². The number of hydrogen-bond donors (Lipinski definition) is 2. The predicted octanol–water partition coefficient (Wildman–Crippen LogP) is 2.91. The Morgan fingerprint density at radius 2 is 1.60 bits per heavy atom. The van der Waals surface area contributed by atoms with Crippen molar-refractivity contribution in [3.05, 3.63) is 12.0 Å². The second kappa shape index (κ2) is 4.79. The summed E-state index contributed by atoms with van der Waals surface area (Å²) in [5, 5.41) is 19.2. The van der Waals surface area contributed by atoms with E-state index in [2.05, 4.69) is 4.99 Å². The van der Waals surface area contributed by atoms with Crippen molar-refractivity contribution in [3.63, 3.8) is 0 Å². The normalized spacial score (nSPS) is 17.1. The Morgan fingerprint density at radius 3 is 1.93 bits per heavy atom. The molecule has 0 aliphatic heterocycles. The number of allylic oxidation sites excluding steroid dienone is 1. The molecule has 0 saturated carbocycles. The van der Waals surface area contributed by atoms with E-state index in [-0.39, 0.29) is 16.6 Å². The SMILES string of the molecule is CC(C)(C)/C(O)=C/N=CC(O)C(C)(C)C. The first-order chi connectivity index (χ1) is 6.55. The molecule has 0 aliphatic rings.